The summed E-state index contributed by atoms with van der Waals surface area (Å²) in [5, 5.41) is 9.60. The lowest BCUT2D eigenvalue weighted by Gasteiger charge is -2.25. The maximum atomic E-state index is 12.7. The highest BCUT2D eigenvalue weighted by atomic mass is 16.7. The molecule has 0 radical (unpaired) electrons. The molecule has 0 heterocycles. The van der Waals surface area contributed by atoms with E-state index in [9.17, 15) is 19.5 Å². The minimum atomic E-state index is -1.51. The van der Waals surface area contributed by atoms with Crippen molar-refractivity contribution < 1.29 is 42.9 Å². The molecule has 0 aliphatic carbocycles. The predicted octanol–water partition coefficient (Wildman–Crippen LogP) is 13.3. The Bertz CT molecular complexity index is 1290. The van der Waals surface area contributed by atoms with Crippen LogP contribution in [-0.4, -0.2) is 87.4 Å². The normalized spacial score (nSPS) is 13.6. The molecule has 0 rings (SSSR count). The van der Waals surface area contributed by atoms with Crippen LogP contribution >= 0.6 is 0 Å². The lowest BCUT2D eigenvalue weighted by molar-refractivity contribution is -0.870. The number of ether oxygens (including phenoxy) is 4. The maximum Gasteiger partial charge on any atom is 0.361 e. The molecule has 2 unspecified atom stereocenters. The standard InChI is InChI=1S/C53H89NO8/c1-6-8-10-12-14-15-16-17-18-19-20-21-22-23-24-25-26-27-28-29-30-31-32-33-34-35-36-37-38-40-42-44-51(56)62-49(47-60-50(55)43-41-39-13-11-9-7-2)48-61-53(52(57)58)59-46-45-54(3,4)5/h8,10,14-15,17-18,20-21,23-24,26-27,29-30,49,53H,6-7,9,11-13,16,19,22,25,28,31-48H2,1-5H3/p+1/b10-8-,15-14-,18-17-,21-20-,24-23-,27-26-,30-29-. The van der Waals surface area contributed by atoms with Gasteiger partial charge in [-0.15, -0.1) is 0 Å². The first-order valence-electron chi connectivity index (χ1n) is 24.3. The molecular weight excluding hydrogens is 779 g/mol. The molecule has 0 aromatic rings. The van der Waals surface area contributed by atoms with Crippen LogP contribution in [0.2, 0.25) is 0 Å². The van der Waals surface area contributed by atoms with E-state index >= 15 is 0 Å². The SMILES string of the molecule is CC/C=C\C/C=C\C/C=C\C/C=C\C/C=C\C/C=C\C/C=C\CCCCCCCCCCCC(=O)OC(COC(=O)CCCCCCCC)COC(OCC[N+](C)(C)C)C(=O)O. The number of aliphatic carboxylic acids is 1. The number of hydrogen-bond acceptors (Lipinski definition) is 7. The Balaban J connectivity index is 4.14. The van der Waals surface area contributed by atoms with E-state index in [1.54, 1.807) is 0 Å². The summed E-state index contributed by atoms with van der Waals surface area (Å²) in [7, 11) is 5.94. The van der Waals surface area contributed by atoms with Gasteiger partial charge < -0.3 is 28.5 Å². The van der Waals surface area contributed by atoms with Gasteiger partial charge in [-0.25, -0.2) is 4.79 Å². The molecule has 2 atom stereocenters. The summed E-state index contributed by atoms with van der Waals surface area (Å²) in [4.78, 5) is 36.9. The Morgan fingerprint density at radius 2 is 0.919 bits per heavy atom. The number of esters is 2. The minimum Gasteiger partial charge on any atom is -0.477 e. The van der Waals surface area contributed by atoms with Crippen LogP contribution in [0.15, 0.2) is 85.1 Å². The Hall–Kier alpha value is -3.53. The zero-order chi connectivity index (χ0) is 45.6. The number of quaternary nitrogens is 1. The van der Waals surface area contributed by atoms with Crippen molar-refractivity contribution in [2.24, 2.45) is 0 Å². The fourth-order valence-electron chi connectivity index (χ4n) is 6.17. The van der Waals surface area contributed by atoms with Gasteiger partial charge in [-0.1, -0.05) is 176 Å². The highest BCUT2D eigenvalue weighted by Gasteiger charge is 2.25. The number of carboxylic acid groups (broad SMARTS) is 1. The van der Waals surface area contributed by atoms with E-state index in [1.807, 2.05) is 21.1 Å². The number of unbranched alkanes of at least 4 members (excludes halogenated alkanes) is 14. The van der Waals surface area contributed by atoms with Gasteiger partial charge in [-0.3, -0.25) is 9.59 Å². The number of allylic oxidation sites excluding steroid dienone is 14. The van der Waals surface area contributed by atoms with Gasteiger partial charge in [0, 0.05) is 12.8 Å². The second-order valence-electron chi connectivity index (χ2n) is 17.0. The maximum absolute atomic E-state index is 12.7. The molecule has 0 fully saturated rings. The molecule has 0 saturated carbocycles. The van der Waals surface area contributed by atoms with Crippen LogP contribution in [0.3, 0.4) is 0 Å². The molecule has 0 aliphatic rings. The molecule has 9 heteroatoms. The lowest BCUT2D eigenvalue weighted by Crippen LogP contribution is -2.40. The van der Waals surface area contributed by atoms with E-state index in [0.29, 0.717) is 23.9 Å². The number of hydrogen-bond donors (Lipinski definition) is 1. The summed E-state index contributed by atoms with van der Waals surface area (Å²) in [6.45, 7) is 4.66. The van der Waals surface area contributed by atoms with Crippen molar-refractivity contribution in [3.05, 3.63) is 85.1 Å². The van der Waals surface area contributed by atoms with Crippen LogP contribution in [0.5, 0.6) is 0 Å². The molecule has 0 aliphatic heterocycles. The number of carbonyl (C=O) groups is 3. The molecule has 9 nitrogen and oxygen atoms in total. The lowest BCUT2D eigenvalue weighted by atomic mass is 10.1. The Labute approximate surface area is 379 Å². The second-order valence-corrected chi connectivity index (χ2v) is 17.0. The summed E-state index contributed by atoms with van der Waals surface area (Å²) < 4.78 is 22.6. The summed E-state index contributed by atoms with van der Waals surface area (Å²) in [6.07, 6.45) is 54.0. The summed E-state index contributed by atoms with van der Waals surface area (Å²) in [6, 6.07) is 0. The van der Waals surface area contributed by atoms with E-state index in [0.717, 1.165) is 96.3 Å². The fraction of sp³-hybridized carbons (Fsp3) is 0.679. The third kappa shape index (κ3) is 44.5. The molecule has 0 bridgehead atoms. The molecular formula is C53H90NO8+. The van der Waals surface area contributed by atoms with Crippen molar-refractivity contribution in [3.63, 3.8) is 0 Å². The van der Waals surface area contributed by atoms with Gasteiger partial charge in [0.25, 0.3) is 6.29 Å². The molecule has 0 saturated heterocycles. The Kier molecular flexibility index (Phi) is 41.6. The third-order valence-electron chi connectivity index (χ3n) is 9.92. The number of carboxylic acids is 1. The largest absolute Gasteiger partial charge is 0.477 e. The third-order valence-corrected chi connectivity index (χ3v) is 9.92. The van der Waals surface area contributed by atoms with Crippen molar-refractivity contribution in [2.75, 3.05) is 47.5 Å². The highest BCUT2D eigenvalue weighted by Crippen LogP contribution is 2.14. The summed E-state index contributed by atoms with van der Waals surface area (Å²) in [5.74, 6) is -2.04. The quantitative estimate of drug-likeness (QED) is 0.0212. The van der Waals surface area contributed by atoms with E-state index in [1.165, 1.54) is 44.9 Å². The summed E-state index contributed by atoms with van der Waals surface area (Å²) in [5.41, 5.74) is 0. The van der Waals surface area contributed by atoms with Crippen LogP contribution in [0.1, 0.15) is 174 Å². The van der Waals surface area contributed by atoms with Gasteiger partial charge in [0.2, 0.25) is 0 Å². The smallest absolute Gasteiger partial charge is 0.361 e. The van der Waals surface area contributed by atoms with Crippen molar-refractivity contribution in [1.82, 2.24) is 0 Å². The predicted molar refractivity (Wildman–Crippen MR) is 258 cm³/mol. The van der Waals surface area contributed by atoms with Gasteiger partial charge in [-0.2, -0.15) is 0 Å². The molecule has 0 amide bonds. The van der Waals surface area contributed by atoms with Crippen LogP contribution in [0.25, 0.3) is 0 Å². The van der Waals surface area contributed by atoms with Crippen LogP contribution < -0.4 is 0 Å². The first kappa shape index (κ1) is 58.5. The number of carbonyl (C=O) groups excluding carboxylic acids is 2. The van der Waals surface area contributed by atoms with Crippen molar-refractivity contribution in [1.29, 1.82) is 0 Å². The van der Waals surface area contributed by atoms with Gasteiger partial charge in [-0.05, 0) is 70.6 Å². The molecule has 62 heavy (non-hydrogen) atoms. The van der Waals surface area contributed by atoms with Crippen molar-refractivity contribution in [2.45, 2.75) is 187 Å². The van der Waals surface area contributed by atoms with Crippen LogP contribution in [-0.2, 0) is 33.3 Å². The highest BCUT2D eigenvalue weighted by molar-refractivity contribution is 5.71. The molecule has 354 valence electrons. The average Bonchev–Trinajstić information content (AvgIpc) is 3.23. The monoisotopic (exact) mass is 869 g/mol. The first-order valence-corrected chi connectivity index (χ1v) is 24.3. The number of rotatable bonds is 43. The van der Waals surface area contributed by atoms with E-state index in [2.05, 4.69) is 98.9 Å². The van der Waals surface area contributed by atoms with E-state index in [-0.39, 0.29) is 32.2 Å². The second kappa shape index (κ2) is 44.1. The van der Waals surface area contributed by atoms with Gasteiger partial charge in [0.1, 0.15) is 13.2 Å². The zero-order valence-electron chi connectivity index (χ0n) is 40.0. The molecule has 0 spiro atoms. The average molecular weight is 869 g/mol. The Morgan fingerprint density at radius 3 is 1.37 bits per heavy atom. The van der Waals surface area contributed by atoms with Gasteiger partial charge in [0.15, 0.2) is 6.10 Å². The molecule has 0 aromatic carbocycles. The number of likely N-dealkylation sites (N-methyl/N-ethyl adjacent to an activating group) is 1. The van der Waals surface area contributed by atoms with Gasteiger partial charge in [0.05, 0.1) is 34.4 Å². The van der Waals surface area contributed by atoms with Gasteiger partial charge >= 0.3 is 17.9 Å². The molecule has 1 N–H and O–H groups in total. The topological polar surface area (TPSA) is 108 Å². The fourth-order valence-corrected chi connectivity index (χ4v) is 6.17. The number of nitrogens with zero attached hydrogens (tertiary/aromatic N) is 1. The van der Waals surface area contributed by atoms with E-state index < -0.39 is 24.3 Å². The zero-order valence-corrected chi connectivity index (χ0v) is 40.0. The van der Waals surface area contributed by atoms with Crippen LogP contribution in [0.4, 0.5) is 0 Å². The Morgan fingerprint density at radius 1 is 0.500 bits per heavy atom. The van der Waals surface area contributed by atoms with E-state index in [4.69, 9.17) is 18.9 Å². The first-order chi connectivity index (χ1) is 30.1. The minimum absolute atomic E-state index is 0.183. The van der Waals surface area contributed by atoms with Crippen molar-refractivity contribution in [3.8, 4) is 0 Å². The van der Waals surface area contributed by atoms with Crippen molar-refractivity contribution >= 4 is 17.9 Å². The molecule has 0 aromatic heterocycles. The van der Waals surface area contributed by atoms with Crippen LogP contribution in [0, 0.1) is 0 Å². The summed E-state index contributed by atoms with van der Waals surface area (Å²) >= 11 is 0.